The van der Waals surface area contributed by atoms with Crippen LogP contribution in [0.2, 0.25) is 0 Å². The summed E-state index contributed by atoms with van der Waals surface area (Å²) in [5, 5.41) is 3.48. The molecule has 1 N–H and O–H groups in total. The standard InChI is InChI=1S/C13H26N4/c1-4-8-17-12-15-11-13(17)10-14-7-9-16(5-2)6-3/h11-12,14H,4-10H2,1-3H3. The summed E-state index contributed by atoms with van der Waals surface area (Å²) in [5.74, 6) is 0. The first-order chi connectivity index (χ1) is 8.31. The van der Waals surface area contributed by atoms with E-state index in [0.717, 1.165) is 45.7 Å². The molecule has 0 unspecified atom stereocenters. The van der Waals surface area contributed by atoms with E-state index in [9.17, 15) is 0 Å². The van der Waals surface area contributed by atoms with Gasteiger partial charge in [-0.25, -0.2) is 4.98 Å². The lowest BCUT2D eigenvalue weighted by atomic mass is 10.4. The first kappa shape index (κ1) is 14.2. The SMILES string of the molecule is CCCn1cncc1CNCCN(CC)CC. The Bertz CT molecular complexity index is 291. The Morgan fingerprint density at radius 1 is 1.29 bits per heavy atom. The molecule has 0 bridgehead atoms. The van der Waals surface area contributed by atoms with Crippen LogP contribution >= 0.6 is 0 Å². The van der Waals surface area contributed by atoms with Crippen molar-refractivity contribution in [3.05, 3.63) is 18.2 Å². The van der Waals surface area contributed by atoms with Crippen molar-refractivity contribution < 1.29 is 0 Å². The zero-order valence-electron chi connectivity index (χ0n) is 11.4. The van der Waals surface area contributed by atoms with Crippen molar-refractivity contribution in [3.63, 3.8) is 0 Å². The van der Waals surface area contributed by atoms with Crippen LogP contribution in [0.4, 0.5) is 0 Å². The van der Waals surface area contributed by atoms with Gasteiger partial charge in [-0.2, -0.15) is 0 Å². The van der Waals surface area contributed by atoms with Gasteiger partial charge >= 0.3 is 0 Å². The number of likely N-dealkylation sites (N-methyl/N-ethyl adjacent to an activating group) is 1. The maximum absolute atomic E-state index is 4.20. The second-order valence-electron chi connectivity index (χ2n) is 4.28. The molecule has 0 saturated heterocycles. The predicted octanol–water partition coefficient (Wildman–Crippen LogP) is 1.72. The maximum Gasteiger partial charge on any atom is 0.0948 e. The molecule has 0 atom stereocenters. The Morgan fingerprint density at radius 3 is 2.71 bits per heavy atom. The van der Waals surface area contributed by atoms with Gasteiger partial charge in [0.15, 0.2) is 0 Å². The van der Waals surface area contributed by atoms with Crippen LogP contribution in [-0.2, 0) is 13.1 Å². The number of imidazole rings is 1. The van der Waals surface area contributed by atoms with Crippen LogP contribution < -0.4 is 5.32 Å². The van der Waals surface area contributed by atoms with E-state index in [1.807, 2.05) is 12.5 Å². The average molecular weight is 238 g/mol. The fourth-order valence-corrected chi connectivity index (χ4v) is 1.93. The molecule has 1 heterocycles. The first-order valence-corrected chi connectivity index (χ1v) is 6.73. The third-order valence-electron chi connectivity index (χ3n) is 3.07. The molecule has 0 amide bonds. The highest BCUT2D eigenvalue weighted by Crippen LogP contribution is 2.00. The topological polar surface area (TPSA) is 33.1 Å². The Balaban J connectivity index is 2.23. The smallest absolute Gasteiger partial charge is 0.0948 e. The molecule has 0 radical (unpaired) electrons. The van der Waals surface area contributed by atoms with Crippen molar-refractivity contribution in [3.8, 4) is 0 Å². The van der Waals surface area contributed by atoms with Crippen LogP contribution in [0.15, 0.2) is 12.5 Å². The van der Waals surface area contributed by atoms with Crippen LogP contribution in [0.5, 0.6) is 0 Å². The maximum atomic E-state index is 4.20. The Labute approximate surface area is 105 Å². The minimum absolute atomic E-state index is 0.918. The summed E-state index contributed by atoms with van der Waals surface area (Å²) in [6, 6.07) is 0. The Morgan fingerprint density at radius 2 is 2.06 bits per heavy atom. The summed E-state index contributed by atoms with van der Waals surface area (Å²) in [6.45, 7) is 13.0. The molecular weight excluding hydrogens is 212 g/mol. The zero-order chi connectivity index (χ0) is 12.5. The molecule has 98 valence electrons. The minimum Gasteiger partial charge on any atom is -0.333 e. The van der Waals surface area contributed by atoms with Crippen molar-refractivity contribution in [2.45, 2.75) is 40.3 Å². The molecule has 4 nitrogen and oxygen atoms in total. The first-order valence-electron chi connectivity index (χ1n) is 6.73. The quantitative estimate of drug-likeness (QED) is 0.665. The summed E-state index contributed by atoms with van der Waals surface area (Å²) < 4.78 is 2.23. The third kappa shape index (κ3) is 4.88. The van der Waals surface area contributed by atoms with E-state index in [-0.39, 0.29) is 0 Å². The molecule has 4 heteroatoms. The van der Waals surface area contributed by atoms with Gasteiger partial charge in [0.05, 0.1) is 12.0 Å². The van der Waals surface area contributed by atoms with Gasteiger partial charge in [0, 0.05) is 32.4 Å². The van der Waals surface area contributed by atoms with Crippen LogP contribution in [0.3, 0.4) is 0 Å². The molecule has 0 aliphatic rings. The molecule has 0 spiro atoms. The average Bonchev–Trinajstić information content (AvgIpc) is 2.78. The summed E-state index contributed by atoms with van der Waals surface area (Å²) in [6.07, 6.45) is 5.04. The molecule has 0 aromatic carbocycles. The fraction of sp³-hybridized carbons (Fsp3) is 0.769. The molecule has 0 saturated carbocycles. The number of aryl methyl sites for hydroxylation is 1. The Hall–Kier alpha value is -0.870. The lowest BCUT2D eigenvalue weighted by Gasteiger charge is -2.18. The van der Waals surface area contributed by atoms with Crippen molar-refractivity contribution in [2.24, 2.45) is 0 Å². The van der Waals surface area contributed by atoms with Gasteiger partial charge in [-0.3, -0.25) is 0 Å². The molecule has 17 heavy (non-hydrogen) atoms. The fourth-order valence-electron chi connectivity index (χ4n) is 1.93. The highest BCUT2D eigenvalue weighted by Gasteiger charge is 2.01. The van der Waals surface area contributed by atoms with Crippen LogP contribution in [-0.4, -0.2) is 40.6 Å². The van der Waals surface area contributed by atoms with Crippen molar-refractivity contribution in [1.29, 1.82) is 0 Å². The van der Waals surface area contributed by atoms with E-state index >= 15 is 0 Å². The van der Waals surface area contributed by atoms with Crippen molar-refractivity contribution in [2.75, 3.05) is 26.2 Å². The molecular formula is C13H26N4. The van der Waals surface area contributed by atoms with Gasteiger partial charge in [-0.05, 0) is 19.5 Å². The van der Waals surface area contributed by atoms with E-state index in [0.29, 0.717) is 0 Å². The highest BCUT2D eigenvalue weighted by molar-refractivity contribution is 4.97. The summed E-state index contributed by atoms with van der Waals surface area (Å²) in [5.41, 5.74) is 1.28. The van der Waals surface area contributed by atoms with Crippen molar-refractivity contribution in [1.82, 2.24) is 19.8 Å². The Kier molecular flexibility index (Phi) is 6.89. The van der Waals surface area contributed by atoms with E-state index < -0.39 is 0 Å². The highest BCUT2D eigenvalue weighted by atomic mass is 15.1. The number of nitrogens with zero attached hydrogens (tertiary/aromatic N) is 3. The second kappa shape index (κ2) is 8.25. The number of aromatic nitrogens is 2. The van der Waals surface area contributed by atoms with E-state index in [2.05, 4.69) is 40.5 Å². The van der Waals surface area contributed by atoms with Gasteiger partial charge in [0.25, 0.3) is 0 Å². The monoisotopic (exact) mass is 238 g/mol. The lowest BCUT2D eigenvalue weighted by Crippen LogP contribution is -2.32. The molecule has 1 aromatic heterocycles. The van der Waals surface area contributed by atoms with Gasteiger partial charge in [-0.1, -0.05) is 20.8 Å². The van der Waals surface area contributed by atoms with E-state index in [1.165, 1.54) is 5.69 Å². The van der Waals surface area contributed by atoms with Crippen LogP contribution in [0.1, 0.15) is 32.9 Å². The second-order valence-corrected chi connectivity index (χ2v) is 4.28. The van der Waals surface area contributed by atoms with Crippen LogP contribution in [0, 0.1) is 0 Å². The molecule has 0 aliphatic carbocycles. The number of rotatable bonds is 9. The number of hydrogen-bond donors (Lipinski definition) is 1. The molecule has 0 aliphatic heterocycles. The lowest BCUT2D eigenvalue weighted by molar-refractivity contribution is 0.301. The largest absolute Gasteiger partial charge is 0.333 e. The predicted molar refractivity (Wildman–Crippen MR) is 72.0 cm³/mol. The third-order valence-corrected chi connectivity index (χ3v) is 3.07. The molecule has 0 fully saturated rings. The van der Waals surface area contributed by atoms with Gasteiger partial charge in [0.2, 0.25) is 0 Å². The molecule has 1 rings (SSSR count). The van der Waals surface area contributed by atoms with Crippen molar-refractivity contribution >= 4 is 0 Å². The van der Waals surface area contributed by atoms with Gasteiger partial charge in [0.1, 0.15) is 0 Å². The van der Waals surface area contributed by atoms with E-state index in [4.69, 9.17) is 0 Å². The summed E-state index contributed by atoms with van der Waals surface area (Å²) >= 11 is 0. The van der Waals surface area contributed by atoms with Crippen LogP contribution in [0.25, 0.3) is 0 Å². The normalized spacial score (nSPS) is 11.3. The zero-order valence-corrected chi connectivity index (χ0v) is 11.4. The minimum atomic E-state index is 0.918. The number of hydrogen-bond acceptors (Lipinski definition) is 3. The van der Waals surface area contributed by atoms with Gasteiger partial charge < -0.3 is 14.8 Å². The van der Waals surface area contributed by atoms with Gasteiger partial charge in [-0.15, -0.1) is 0 Å². The summed E-state index contributed by atoms with van der Waals surface area (Å²) in [4.78, 5) is 6.63. The number of nitrogens with one attached hydrogen (secondary N) is 1. The van der Waals surface area contributed by atoms with E-state index in [1.54, 1.807) is 0 Å². The summed E-state index contributed by atoms with van der Waals surface area (Å²) in [7, 11) is 0. The molecule has 1 aromatic rings.